The number of methoxy groups -OCH3 is 1. The van der Waals surface area contributed by atoms with E-state index in [9.17, 15) is 0 Å². The molecule has 0 bridgehead atoms. The third-order valence-corrected chi connectivity index (χ3v) is 5.79. The van der Waals surface area contributed by atoms with Crippen molar-refractivity contribution in [3.8, 4) is 12.0 Å². The van der Waals surface area contributed by atoms with Crippen LogP contribution in [-0.2, 0) is 6.54 Å². The number of anilines is 1. The third kappa shape index (κ3) is 5.10. The number of likely N-dealkylation sites (tertiary alicyclic amines) is 1. The second-order valence-electron chi connectivity index (χ2n) is 8.42. The van der Waals surface area contributed by atoms with Crippen LogP contribution in [-0.4, -0.2) is 56.8 Å². The van der Waals surface area contributed by atoms with Gasteiger partial charge in [-0.2, -0.15) is 15.0 Å². The van der Waals surface area contributed by atoms with E-state index < -0.39 is 0 Å². The molecule has 0 saturated carbocycles. The number of hydrogen-bond donors (Lipinski definition) is 1. The lowest BCUT2D eigenvalue weighted by Gasteiger charge is -2.35. The quantitative estimate of drug-likeness (QED) is 0.684. The summed E-state index contributed by atoms with van der Waals surface area (Å²) in [6, 6.07) is 1.43. The van der Waals surface area contributed by atoms with Crippen LogP contribution in [0.4, 0.5) is 5.82 Å². The second-order valence-corrected chi connectivity index (χ2v) is 8.42. The maximum absolute atomic E-state index is 6.16. The number of aryl methyl sites for hydroxylation is 1. The zero-order chi connectivity index (χ0) is 21.0. The summed E-state index contributed by atoms with van der Waals surface area (Å²) in [4.78, 5) is 16.0. The molecule has 0 aliphatic carbocycles. The van der Waals surface area contributed by atoms with Gasteiger partial charge in [-0.05, 0) is 58.9 Å². The van der Waals surface area contributed by atoms with Crippen molar-refractivity contribution < 1.29 is 9.47 Å². The van der Waals surface area contributed by atoms with E-state index in [0.29, 0.717) is 41.0 Å². The van der Waals surface area contributed by atoms with Gasteiger partial charge in [-0.3, -0.25) is 4.57 Å². The highest BCUT2D eigenvalue weighted by molar-refractivity contribution is 5.83. The van der Waals surface area contributed by atoms with Gasteiger partial charge in [0, 0.05) is 19.1 Å². The van der Waals surface area contributed by atoms with Gasteiger partial charge in [0.1, 0.15) is 0 Å². The summed E-state index contributed by atoms with van der Waals surface area (Å²) in [6.07, 6.45) is 5.60. The van der Waals surface area contributed by atoms with Crippen molar-refractivity contribution in [1.82, 2.24) is 24.4 Å². The summed E-state index contributed by atoms with van der Waals surface area (Å²) in [6.45, 7) is 11.8. The van der Waals surface area contributed by atoms with E-state index in [1.807, 2.05) is 11.5 Å². The van der Waals surface area contributed by atoms with Gasteiger partial charge in [0.25, 0.3) is 6.01 Å². The van der Waals surface area contributed by atoms with Crippen LogP contribution in [0.3, 0.4) is 0 Å². The van der Waals surface area contributed by atoms with Gasteiger partial charge in [-0.1, -0.05) is 13.3 Å². The fourth-order valence-electron chi connectivity index (χ4n) is 4.15. The van der Waals surface area contributed by atoms with Crippen LogP contribution in [0.2, 0.25) is 0 Å². The maximum Gasteiger partial charge on any atom is 0.320 e. The largest absolute Gasteiger partial charge is 0.468 e. The highest BCUT2D eigenvalue weighted by Crippen LogP contribution is 2.28. The Balaban J connectivity index is 1.81. The lowest BCUT2D eigenvalue weighted by molar-refractivity contribution is 0.132. The minimum Gasteiger partial charge on any atom is -0.468 e. The highest BCUT2D eigenvalue weighted by atomic mass is 16.5. The number of imidazole rings is 1. The summed E-state index contributed by atoms with van der Waals surface area (Å²) in [5, 5.41) is 0. The minimum atomic E-state index is 0.0411. The lowest BCUT2D eigenvalue weighted by Crippen LogP contribution is -2.40. The van der Waals surface area contributed by atoms with Gasteiger partial charge >= 0.3 is 6.01 Å². The predicted octanol–water partition coefficient (Wildman–Crippen LogP) is 3.50. The van der Waals surface area contributed by atoms with Crippen LogP contribution in [0.25, 0.3) is 11.2 Å². The molecule has 8 heteroatoms. The van der Waals surface area contributed by atoms with Crippen molar-refractivity contribution in [3.05, 3.63) is 0 Å². The molecule has 0 aromatic carbocycles. The maximum atomic E-state index is 6.16. The van der Waals surface area contributed by atoms with Crippen LogP contribution in [0, 0.1) is 5.92 Å². The Hall–Kier alpha value is -2.09. The van der Waals surface area contributed by atoms with E-state index in [1.165, 1.54) is 19.4 Å². The van der Waals surface area contributed by atoms with E-state index >= 15 is 0 Å². The fourth-order valence-corrected chi connectivity index (χ4v) is 4.15. The monoisotopic (exact) mass is 404 g/mol. The van der Waals surface area contributed by atoms with Crippen molar-refractivity contribution in [2.75, 3.05) is 25.9 Å². The molecular weight excluding hydrogens is 368 g/mol. The zero-order valence-corrected chi connectivity index (χ0v) is 18.5. The van der Waals surface area contributed by atoms with E-state index in [0.717, 1.165) is 32.4 Å². The molecule has 1 aliphatic rings. The van der Waals surface area contributed by atoms with E-state index in [-0.39, 0.29) is 6.10 Å². The van der Waals surface area contributed by atoms with Crippen molar-refractivity contribution in [3.63, 3.8) is 0 Å². The van der Waals surface area contributed by atoms with Gasteiger partial charge in [0.2, 0.25) is 0 Å². The SMILES string of the molecule is CCC[C@H](C)Oc1nc(N)c2nc(OC)n(CCC3CCCN(C(C)C)C3)c2n1. The normalized spacial score (nSPS) is 19.0. The van der Waals surface area contributed by atoms with E-state index in [4.69, 9.17) is 15.2 Å². The van der Waals surface area contributed by atoms with Gasteiger partial charge in [0.05, 0.1) is 13.2 Å². The number of piperidine rings is 1. The fraction of sp³-hybridized carbons (Fsp3) is 0.762. The summed E-state index contributed by atoms with van der Waals surface area (Å²) in [5.41, 5.74) is 7.42. The Labute approximate surface area is 173 Å². The van der Waals surface area contributed by atoms with Gasteiger partial charge in [-0.25, -0.2) is 0 Å². The van der Waals surface area contributed by atoms with Crippen molar-refractivity contribution >= 4 is 17.0 Å². The molecule has 1 fully saturated rings. The second kappa shape index (κ2) is 9.61. The van der Waals surface area contributed by atoms with Crippen molar-refractivity contribution in [1.29, 1.82) is 0 Å². The lowest BCUT2D eigenvalue weighted by atomic mass is 9.94. The molecule has 0 amide bonds. The Kier molecular flexibility index (Phi) is 7.16. The number of ether oxygens (including phenoxy) is 2. The van der Waals surface area contributed by atoms with Crippen LogP contribution in [0.15, 0.2) is 0 Å². The Morgan fingerprint density at radius 2 is 2.00 bits per heavy atom. The van der Waals surface area contributed by atoms with Gasteiger partial charge in [0.15, 0.2) is 17.0 Å². The first-order valence-corrected chi connectivity index (χ1v) is 10.9. The molecule has 2 aromatic heterocycles. The molecule has 1 saturated heterocycles. The van der Waals surface area contributed by atoms with Crippen LogP contribution in [0.5, 0.6) is 12.0 Å². The first-order chi connectivity index (χ1) is 13.9. The smallest absolute Gasteiger partial charge is 0.320 e. The third-order valence-electron chi connectivity index (χ3n) is 5.79. The molecule has 8 nitrogen and oxygen atoms in total. The number of rotatable bonds is 9. The average molecular weight is 405 g/mol. The Morgan fingerprint density at radius 3 is 2.69 bits per heavy atom. The number of nitrogens with zero attached hydrogens (tertiary/aromatic N) is 5. The Bertz CT molecular complexity index is 806. The molecule has 1 unspecified atom stereocenters. The summed E-state index contributed by atoms with van der Waals surface area (Å²) in [7, 11) is 1.63. The molecular formula is C21H36N6O2. The predicted molar refractivity (Wildman–Crippen MR) is 115 cm³/mol. The molecule has 162 valence electrons. The standard InChI is InChI=1S/C21H36N6O2/c1-6-8-15(4)29-20-24-18(22)17-19(25-20)27(21(23-17)28-5)12-10-16-9-7-11-26(13-16)14(2)3/h14-16H,6-13H2,1-5H3,(H2,22,24,25)/t15-,16?/m0/s1. The topological polar surface area (TPSA) is 91.3 Å². The highest BCUT2D eigenvalue weighted by Gasteiger charge is 2.23. The van der Waals surface area contributed by atoms with Crippen molar-refractivity contribution in [2.24, 2.45) is 5.92 Å². The molecule has 0 spiro atoms. The number of hydrogen-bond acceptors (Lipinski definition) is 7. The van der Waals surface area contributed by atoms with Gasteiger partial charge < -0.3 is 20.1 Å². The number of nitrogen functional groups attached to an aromatic ring is 1. The molecule has 2 atom stereocenters. The minimum absolute atomic E-state index is 0.0411. The van der Waals surface area contributed by atoms with Crippen LogP contribution >= 0.6 is 0 Å². The molecule has 0 radical (unpaired) electrons. The number of nitrogens with two attached hydrogens (primary N) is 1. The molecule has 2 N–H and O–H groups in total. The van der Waals surface area contributed by atoms with Crippen LogP contribution < -0.4 is 15.2 Å². The zero-order valence-electron chi connectivity index (χ0n) is 18.5. The molecule has 2 aromatic rings. The van der Waals surface area contributed by atoms with E-state index in [2.05, 4.69) is 40.6 Å². The molecule has 3 rings (SSSR count). The molecule has 29 heavy (non-hydrogen) atoms. The molecule has 1 aliphatic heterocycles. The van der Waals surface area contributed by atoms with Gasteiger partial charge in [-0.15, -0.1) is 0 Å². The summed E-state index contributed by atoms with van der Waals surface area (Å²) in [5.74, 6) is 0.988. The molecule has 3 heterocycles. The first-order valence-electron chi connectivity index (χ1n) is 10.9. The average Bonchev–Trinajstić information content (AvgIpc) is 3.05. The first kappa shape index (κ1) is 21.6. The number of aromatic nitrogens is 4. The van der Waals surface area contributed by atoms with Crippen molar-refractivity contribution in [2.45, 2.75) is 78.5 Å². The van der Waals surface area contributed by atoms with Crippen LogP contribution in [0.1, 0.15) is 59.8 Å². The summed E-state index contributed by atoms with van der Waals surface area (Å²) >= 11 is 0. The van der Waals surface area contributed by atoms with E-state index in [1.54, 1.807) is 7.11 Å². The number of fused-ring (bicyclic) bond motifs is 1. The Morgan fingerprint density at radius 1 is 1.21 bits per heavy atom. The summed E-state index contributed by atoms with van der Waals surface area (Å²) < 4.78 is 13.4.